The first-order valence-electron chi connectivity index (χ1n) is 6.48. The first-order chi connectivity index (χ1) is 7.90. The van der Waals surface area contributed by atoms with Crippen LogP contribution in [0.2, 0.25) is 0 Å². The van der Waals surface area contributed by atoms with Crippen LogP contribution in [0.5, 0.6) is 0 Å². The highest BCUT2D eigenvalue weighted by molar-refractivity contribution is 4.88. The predicted molar refractivity (Wildman–Crippen MR) is 65.5 cm³/mol. The van der Waals surface area contributed by atoms with E-state index in [1.807, 2.05) is 27.7 Å². The lowest BCUT2D eigenvalue weighted by Gasteiger charge is -2.42. The molecule has 4 nitrogen and oxygen atoms in total. The van der Waals surface area contributed by atoms with Crippen molar-refractivity contribution < 1.29 is 20.1 Å². The predicted octanol–water partition coefficient (Wildman–Crippen LogP) is 0.644. The summed E-state index contributed by atoms with van der Waals surface area (Å²) in [5, 5.41) is 29.2. The van der Waals surface area contributed by atoms with Gasteiger partial charge in [0.2, 0.25) is 0 Å². The first-order valence-corrected chi connectivity index (χ1v) is 6.48. The van der Waals surface area contributed by atoms with Crippen molar-refractivity contribution in [1.29, 1.82) is 0 Å². The van der Waals surface area contributed by atoms with Crippen LogP contribution in [0.3, 0.4) is 0 Å². The molecule has 0 aromatic heterocycles. The zero-order chi connectivity index (χ0) is 13.2. The van der Waals surface area contributed by atoms with Gasteiger partial charge in [0.1, 0.15) is 0 Å². The number of ether oxygens (including phenoxy) is 1. The number of rotatable bonds is 4. The van der Waals surface area contributed by atoms with Gasteiger partial charge < -0.3 is 20.1 Å². The lowest BCUT2D eigenvalue weighted by molar-refractivity contribution is -0.155. The van der Waals surface area contributed by atoms with E-state index in [0.29, 0.717) is 6.61 Å². The van der Waals surface area contributed by atoms with E-state index in [1.54, 1.807) is 0 Å². The van der Waals surface area contributed by atoms with Gasteiger partial charge in [-0.3, -0.25) is 0 Å². The fraction of sp³-hybridized carbons (Fsp3) is 1.00. The summed E-state index contributed by atoms with van der Waals surface area (Å²) < 4.78 is 5.75. The average molecular weight is 246 g/mol. The Kier molecular flexibility index (Phi) is 5.38. The van der Waals surface area contributed by atoms with Crippen LogP contribution in [0.4, 0.5) is 0 Å². The molecule has 1 heterocycles. The second-order valence-corrected chi connectivity index (χ2v) is 5.63. The molecule has 0 aromatic carbocycles. The minimum atomic E-state index is -0.604. The van der Waals surface area contributed by atoms with Crippen molar-refractivity contribution in [3.05, 3.63) is 0 Å². The summed E-state index contributed by atoms with van der Waals surface area (Å²) in [6, 6.07) is 0. The van der Waals surface area contributed by atoms with Crippen LogP contribution in [-0.4, -0.2) is 46.8 Å². The Hall–Kier alpha value is -0.160. The van der Waals surface area contributed by atoms with E-state index in [1.165, 1.54) is 0 Å². The molecule has 4 heteroatoms. The molecule has 0 amide bonds. The highest BCUT2D eigenvalue weighted by atomic mass is 16.5. The highest BCUT2D eigenvalue weighted by Crippen LogP contribution is 2.32. The fourth-order valence-corrected chi connectivity index (χ4v) is 2.68. The molecular weight excluding hydrogens is 220 g/mol. The van der Waals surface area contributed by atoms with Crippen molar-refractivity contribution in [2.45, 2.75) is 46.0 Å². The van der Waals surface area contributed by atoms with Crippen LogP contribution in [0, 0.1) is 23.7 Å². The average Bonchev–Trinajstić information content (AvgIpc) is 2.33. The van der Waals surface area contributed by atoms with Crippen LogP contribution < -0.4 is 0 Å². The normalized spacial score (nSPS) is 39.7. The minimum absolute atomic E-state index is 0.00860. The van der Waals surface area contributed by atoms with Crippen molar-refractivity contribution in [3.8, 4) is 0 Å². The van der Waals surface area contributed by atoms with Crippen molar-refractivity contribution >= 4 is 0 Å². The third-order valence-electron chi connectivity index (χ3n) is 4.12. The van der Waals surface area contributed by atoms with E-state index >= 15 is 0 Å². The molecule has 0 aromatic rings. The molecule has 17 heavy (non-hydrogen) atoms. The van der Waals surface area contributed by atoms with Gasteiger partial charge in [0.25, 0.3) is 0 Å². The van der Waals surface area contributed by atoms with Crippen LogP contribution in [0.1, 0.15) is 27.7 Å². The van der Waals surface area contributed by atoms with E-state index in [2.05, 4.69) is 0 Å². The minimum Gasteiger partial charge on any atom is -0.396 e. The molecule has 0 radical (unpaired) electrons. The summed E-state index contributed by atoms with van der Waals surface area (Å²) in [5.74, 6) is -0.109. The Morgan fingerprint density at radius 1 is 1.29 bits per heavy atom. The van der Waals surface area contributed by atoms with Gasteiger partial charge in [-0.15, -0.1) is 0 Å². The summed E-state index contributed by atoms with van der Waals surface area (Å²) in [6.45, 7) is 8.15. The molecule has 7 unspecified atom stereocenters. The molecule has 1 rings (SSSR count). The van der Waals surface area contributed by atoms with Gasteiger partial charge in [-0.2, -0.15) is 0 Å². The smallest absolute Gasteiger partial charge is 0.0675 e. The molecule has 0 bridgehead atoms. The lowest BCUT2D eigenvalue weighted by Crippen LogP contribution is -2.49. The quantitative estimate of drug-likeness (QED) is 0.681. The second kappa shape index (κ2) is 6.14. The maximum absolute atomic E-state index is 10.1. The number of hydrogen-bond donors (Lipinski definition) is 3. The molecule has 1 aliphatic rings. The molecule has 7 atom stereocenters. The van der Waals surface area contributed by atoms with E-state index in [0.717, 1.165) is 0 Å². The molecule has 102 valence electrons. The molecular formula is C13H26O4. The zero-order valence-electron chi connectivity index (χ0n) is 11.2. The summed E-state index contributed by atoms with van der Waals surface area (Å²) >= 11 is 0. The second-order valence-electron chi connectivity index (χ2n) is 5.63. The molecule has 3 N–H and O–H groups in total. The van der Waals surface area contributed by atoms with Gasteiger partial charge in [0.05, 0.1) is 24.9 Å². The summed E-state index contributed by atoms with van der Waals surface area (Å²) in [4.78, 5) is 0. The number of hydrogen-bond acceptors (Lipinski definition) is 4. The fourth-order valence-electron chi connectivity index (χ4n) is 2.68. The van der Waals surface area contributed by atoms with Crippen molar-refractivity contribution in [1.82, 2.24) is 0 Å². The number of aliphatic hydroxyl groups is 3. The SMILES string of the molecule is CC(CO)C(O)C(C)C1OCC(C)C(O)C1C. The molecule has 0 saturated carbocycles. The molecule has 0 spiro atoms. The van der Waals surface area contributed by atoms with Crippen LogP contribution >= 0.6 is 0 Å². The van der Waals surface area contributed by atoms with E-state index in [-0.39, 0.29) is 42.5 Å². The van der Waals surface area contributed by atoms with Crippen LogP contribution in [-0.2, 0) is 4.74 Å². The Morgan fingerprint density at radius 3 is 2.41 bits per heavy atom. The van der Waals surface area contributed by atoms with Gasteiger partial charge in [-0.25, -0.2) is 0 Å². The monoisotopic (exact) mass is 246 g/mol. The van der Waals surface area contributed by atoms with Crippen molar-refractivity contribution in [2.24, 2.45) is 23.7 Å². The van der Waals surface area contributed by atoms with E-state index < -0.39 is 6.10 Å². The first kappa shape index (κ1) is 14.9. The highest BCUT2D eigenvalue weighted by Gasteiger charge is 2.40. The Balaban J connectivity index is 2.66. The zero-order valence-corrected chi connectivity index (χ0v) is 11.2. The largest absolute Gasteiger partial charge is 0.396 e. The van der Waals surface area contributed by atoms with Gasteiger partial charge in [0, 0.05) is 30.3 Å². The van der Waals surface area contributed by atoms with Crippen molar-refractivity contribution in [2.75, 3.05) is 13.2 Å². The summed E-state index contributed by atoms with van der Waals surface area (Å²) in [5.41, 5.74) is 0. The van der Waals surface area contributed by atoms with Gasteiger partial charge in [-0.1, -0.05) is 27.7 Å². The Labute approximate surface area is 104 Å². The Morgan fingerprint density at radius 2 is 1.88 bits per heavy atom. The molecule has 1 fully saturated rings. The Bertz CT molecular complexity index is 233. The van der Waals surface area contributed by atoms with Crippen molar-refractivity contribution in [3.63, 3.8) is 0 Å². The molecule has 0 aliphatic carbocycles. The molecule has 1 aliphatic heterocycles. The van der Waals surface area contributed by atoms with Gasteiger partial charge >= 0.3 is 0 Å². The third kappa shape index (κ3) is 3.19. The maximum atomic E-state index is 10.1. The van der Waals surface area contributed by atoms with Crippen LogP contribution in [0.15, 0.2) is 0 Å². The van der Waals surface area contributed by atoms with Gasteiger partial charge in [-0.05, 0) is 0 Å². The standard InChI is InChI=1S/C13H26O4/c1-7(5-14)11(15)9(3)13-10(4)12(16)8(2)6-17-13/h7-16H,5-6H2,1-4H3. The summed E-state index contributed by atoms with van der Waals surface area (Å²) in [6.07, 6.45) is -1.13. The maximum Gasteiger partial charge on any atom is 0.0675 e. The number of aliphatic hydroxyl groups excluding tert-OH is 3. The molecule has 1 saturated heterocycles. The summed E-state index contributed by atoms with van der Waals surface area (Å²) in [7, 11) is 0. The topological polar surface area (TPSA) is 69.9 Å². The van der Waals surface area contributed by atoms with E-state index in [4.69, 9.17) is 9.84 Å². The third-order valence-corrected chi connectivity index (χ3v) is 4.12. The van der Waals surface area contributed by atoms with Crippen LogP contribution in [0.25, 0.3) is 0 Å². The van der Waals surface area contributed by atoms with Gasteiger partial charge in [0.15, 0.2) is 0 Å². The van der Waals surface area contributed by atoms with E-state index in [9.17, 15) is 10.2 Å². The lowest BCUT2D eigenvalue weighted by atomic mass is 9.78.